The van der Waals surface area contributed by atoms with Gasteiger partial charge in [-0.25, -0.2) is 0 Å². The summed E-state index contributed by atoms with van der Waals surface area (Å²) in [5, 5.41) is 10.8. The maximum atomic E-state index is 5.16. The number of aromatic nitrogens is 2. The van der Waals surface area contributed by atoms with Crippen LogP contribution in [0.3, 0.4) is 0 Å². The molecule has 0 spiro atoms. The Bertz CT molecular complexity index is 289. The number of hydrogen-bond donors (Lipinski definition) is 1. The molecule has 1 heterocycles. The molecule has 0 saturated heterocycles. The molecule has 0 aliphatic carbocycles. The van der Waals surface area contributed by atoms with Gasteiger partial charge in [0.1, 0.15) is 10.7 Å². The van der Waals surface area contributed by atoms with Gasteiger partial charge in [-0.05, 0) is 32.9 Å². The first-order valence-electron chi connectivity index (χ1n) is 4.09. The first-order valence-corrected chi connectivity index (χ1v) is 4.50. The lowest BCUT2D eigenvalue weighted by Crippen LogP contribution is -2.40. The molecule has 0 unspecified atom stereocenters. The van der Waals surface area contributed by atoms with Crippen LogP contribution in [0.4, 0.5) is 0 Å². The number of nitrogens with one attached hydrogen (secondary N) is 1. The van der Waals surface area contributed by atoms with Crippen LogP contribution < -0.4 is 5.32 Å². The van der Waals surface area contributed by atoms with E-state index in [4.69, 9.17) is 12.2 Å². The SMILES string of the molecule is CC(C)(C)NC(=S)c1cccnn1. The minimum absolute atomic E-state index is 0.0331. The third kappa shape index (κ3) is 3.46. The molecule has 4 heteroatoms. The lowest BCUT2D eigenvalue weighted by Gasteiger charge is -2.21. The topological polar surface area (TPSA) is 37.8 Å². The van der Waals surface area contributed by atoms with Crippen molar-refractivity contribution in [1.29, 1.82) is 0 Å². The molecule has 1 rings (SSSR count). The van der Waals surface area contributed by atoms with Crippen molar-refractivity contribution in [2.24, 2.45) is 0 Å². The van der Waals surface area contributed by atoms with Crippen LogP contribution in [0, 0.1) is 0 Å². The smallest absolute Gasteiger partial charge is 0.127 e. The van der Waals surface area contributed by atoms with E-state index in [1.165, 1.54) is 0 Å². The zero-order chi connectivity index (χ0) is 9.90. The van der Waals surface area contributed by atoms with Gasteiger partial charge >= 0.3 is 0 Å². The average Bonchev–Trinajstić information content (AvgIpc) is 2.03. The van der Waals surface area contributed by atoms with Gasteiger partial charge in [-0.3, -0.25) is 0 Å². The number of rotatable bonds is 1. The Hall–Kier alpha value is -1.03. The van der Waals surface area contributed by atoms with Crippen LogP contribution in [0.5, 0.6) is 0 Å². The second-order valence-electron chi connectivity index (χ2n) is 3.81. The third-order valence-electron chi connectivity index (χ3n) is 1.29. The van der Waals surface area contributed by atoms with Gasteiger partial charge < -0.3 is 5.32 Å². The molecule has 0 atom stereocenters. The predicted molar refractivity (Wildman–Crippen MR) is 56.6 cm³/mol. The van der Waals surface area contributed by atoms with Gasteiger partial charge in [-0.15, -0.1) is 5.10 Å². The van der Waals surface area contributed by atoms with Gasteiger partial charge in [0.15, 0.2) is 0 Å². The summed E-state index contributed by atoms with van der Waals surface area (Å²) < 4.78 is 0. The zero-order valence-corrected chi connectivity index (χ0v) is 8.85. The molecule has 1 N–H and O–H groups in total. The molecule has 0 aliphatic rings. The van der Waals surface area contributed by atoms with Crippen LogP contribution >= 0.6 is 12.2 Å². The Labute approximate surface area is 83.6 Å². The maximum Gasteiger partial charge on any atom is 0.127 e. The zero-order valence-electron chi connectivity index (χ0n) is 8.03. The molecule has 1 aromatic rings. The van der Waals surface area contributed by atoms with Crippen molar-refractivity contribution in [3.05, 3.63) is 24.0 Å². The summed E-state index contributed by atoms with van der Waals surface area (Å²) in [5.41, 5.74) is 0.682. The summed E-state index contributed by atoms with van der Waals surface area (Å²) in [6.07, 6.45) is 1.63. The summed E-state index contributed by atoms with van der Waals surface area (Å²) in [4.78, 5) is 0.639. The van der Waals surface area contributed by atoms with Gasteiger partial charge in [0.2, 0.25) is 0 Å². The standard InChI is InChI=1S/C9H13N3S/c1-9(2,3)11-8(13)7-5-4-6-10-12-7/h4-6H,1-3H3,(H,11,13). The van der Waals surface area contributed by atoms with E-state index >= 15 is 0 Å². The van der Waals surface area contributed by atoms with Gasteiger partial charge in [-0.1, -0.05) is 12.2 Å². The van der Waals surface area contributed by atoms with E-state index in [-0.39, 0.29) is 5.54 Å². The van der Waals surface area contributed by atoms with Crippen molar-refractivity contribution in [2.45, 2.75) is 26.3 Å². The highest BCUT2D eigenvalue weighted by Crippen LogP contribution is 2.02. The molecule has 70 valence electrons. The molecular formula is C9H13N3S. The molecule has 0 saturated carbocycles. The number of nitrogens with zero attached hydrogens (tertiary/aromatic N) is 2. The normalized spacial score (nSPS) is 11.0. The molecule has 0 radical (unpaired) electrons. The van der Waals surface area contributed by atoms with Crippen molar-refractivity contribution >= 4 is 17.2 Å². The van der Waals surface area contributed by atoms with E-state index in [9.17, 15) is 0 Å². The molecule has 1 aromatic heterocycles. The predicted octanol–water partition coefficient (Wildman–Crippen LogP) is 1.54. The largest absolute Gasteiger partial charge is 0.370 e. The van der Waals surface area contributed by atoms with Crippen molar-refractivity contribution in [3.8, 4) is 0 Å². The summed E-state index contributed by atoms with van der Waals surface area (Å²) in [5.74, 6) is 0. The summed E-state index contributed by atoms with van der Waals surface area (Å²) in [6, 6.07) is 3.66. The lowest BCUT2D eigenvalue weighted by molar-refractivity contribution is 0.515. The molecular weight excluding hydrogens is 182 g/mol. The Morgan fingerprint density at radius 1 is 1.46 bits per heavy atom. The molecule has 13 heavy (non-hydrogen) atoms. The fraction of sp³-hybridized carbons (Fsp3) is 0.444. The van der Waals surface area contributed by atoms with E-state index in [1.54, 1.807) is 6.20 Å². The Balaban J connectivity index is 2.71. The van der Waals surface area contributed by atoms with Crippen molar-refractivity contribution in [3.63, 3.8) is 0 Å². The molecule has 3 nitrogen and oxygen atoms in total. The quantitative estimate of drug-likeness (QED) is 0.690. The van der Waals surface area contributed by atoms with E-state index in [1.807, 2.05) is 12.1 Å². The number of thiocarbonyl (C=S) groups is 1. The maximum absolute atomic E-state index is 5.16. The fourth-order valence-corrected chi connectivity index (χ4v) is 1.24. The summed E-state index contributed by atoms with van der Waals surface area (Å²) in [6.45, 7) is 6.15. The van der Waals surface area contributed by atoms with E-state index < -0.39 is 0 Å². The van der Waals surface area contributed by atoms with Crippen LogP contribution in [0.2, 0.25) is 0 Å². The van der Waals surface area contributed by atoms with Crippen LogP contribution in [0.1, 0.15) is 26.5 Å². The first kappa shape index (κ1) is 10.1. The monoisotopic (exact) mass is 195 g/mol. The molecule has 0 fully saturated rings. The summed E-state index contributed by atoms with van der Waals surface area (Å²) in [7, 11) is 0. The third-order valence-corrected chi connectivity index (χ3v) is 1.60. The van der Waals surface area contributed by atoms with Gasteiger partial charge in [-0.2, -0.15) is 5.10 Å². The van der Waals surface area contributed by atoms with Crippen molar-refractivity contribution < 1.29 is 0 Å². The molecule has 0 bridgehead atoms. The second kappa shape index (κ2) is 3.79. The lowest BCUT2D eigenvalue weighted by atomic mass is 10.1. The van der Waals surface area contributed by atoms with Crippen LogP contribution in [-0.2, 0) is 0 Å². The van der Waals surface area contributed by atoms with Crippen molar-refractivity contribution in [1.82, 2.24) is 15.5 Å². The number of hydrogen-bond acceptors (Lipinski definition) is 3. The van der Waals surface area contributed by atoms with Crippen LogP contribution in [0.15, 0.2) is 18.3 Å². The highest BCUT2D eigenvalue weighted by atomic mass is 32.1. The second-order valence-corrected chi connectivity index (χ2v) is 4.22. The first-order chi connectivity index (χ1) is 5.99. The highest BCUT2D eigenvalue weighted by molar-refractivity contribution is 7.80. The van der Waals surface area contributed by atoms with E-state index in [2.05, 4.69) is 36.3 Å². The van der Waals surface area contributed by atoms with Gasteiger partial charge in [0, 0.05) is 11.7 Å². The minimum atomic E-state index is -0.0331. The summed E-state index contributed by atoms with van der Waals surface area (Å²) >= 11 is 5.16. The fourth-order valence-electron chi connectivity index (χ4n) is 0.827. The van der Waals surface area contributed by atoms with Crippen molar-refractivity contribution in [2.75, 3.05) is 0 Å². The average molecular weight is 195 g/mol. The molecule has 0 amide bonds. The molecule has 0 aliphatic heterocycles. The van der Waals surface area contributed by atoms with Crippen LogP contribution in [-0.4, -0.2) is 20.7 Å². The van der Waals surface area contributed by atoms with Crippen LogP contribution in [0.25, 0.3) is 0 Å². The van der Waals surface area contributed by atoms with Gasteiger partial charge in [0.05, 0.1) is 0 Å². The Kier molecular flexibility index (Phi) is 2.93. The highest BCUT2D eigenvalue weighted by Gasteiger charge is 2.12. The Morgan fingerprint density at radius 2 is 2.15 bits per heavy atom. The van der Waals surface area contributed by atoms with Gasteiger partial charge in [0.25, 0.3) is 0 Å². The van der Waals surface area contributed by atoms with E-state index in [0.717, 1.165) is 0 Å². The Morgan fingerprint density at radius 3 is 2.62 bits per heavy atom. The minimum Gasteiger partial charge on any atom is -0.370 e. The van der Waals surface area contributed by atoms with E-state index in [0.29, 0.717) is 10.7 Å². The molecule has 0 aromatic carbocycles.